The van der Waals surface area contributed by atoms with Gasteiger partial charge in [0.1, 0.15) is 0 Å². The number of carbonyl (C=O) groups excluding carboxylic acids is 2. The van der Waals surface area contributed by atoms with Crippen LogP contribution in [-0.2, 0) is 9.59 Å². The Kier molecular flexibility index (Phi) is 10.9. The molecule has 1 fully saturated rings. The van der Waals surface area contributed by atoms with E-state index in [1.54, 1.807) is 0 Å². The standard InChI is InChI=1S/C20H32N4O2.2ClH/c1-14(22-19(26)18(21)20(2,3)4)12-17(25)23-15-8-7-9-16(13-15)24-10-5-6-11-24;;/h7-9,13-14,18H,5-6,10-12,21H2,1-4H3,(H,22,26)(H,23,25);2*1H/t14?,18-;;/m1../s1. The number of amides is 2. The number of hydrogen-bond acceptors (Lipinski definition) is 4. The van der Waals surface area contributed by atoms with E-state index in [0.29, 0.717) is 0 Å². The lowest BCUT2D eigenvalue weighted by Gasteiger charge is -2.27. The first-order chi connectivity index (χ1) is 12.2. The third kappa shape index (κ3) is 7.86. The van der Waals surface area contributed by atoms with E-state index in [1.807, 2.05) is 45.9 Å². The Bertz CT molecular complexity index is 643. The van der Waals surface area contributed by atoms with Crippen LogP contribution >= 0.6 is 24.8 Å². The molecule has 1 aliphatic rings. The molecule has 0 spiro atoms. The van der Waals surface area contributed by atoms with Crippen LogP contribution in [0.4, 0.5) is 11.4 Å². The van der Waals surface area contributed by atoms with Gasteiger partial charge in [-0.2, -0.15) is 0 Å². The van der Waals surface area contributed by atoms with Crippen LogP contribution in [0.1, 0.15) is 47.0 Å². The average molecular weight is 433 g/mol. The summed E-state index contributed by atoms with van der Waals surface area (Å²) in [6.07, 6.45) is 2.63. The predicted molar refractivity (Wildman–Crippen MR) is 121 cm³/mol. The van der Waals surface area contributed by atoms with E-state index in [-0.39, 0.29) is 54.5 Å². The summed E-state index contributed by atoms with van der Waals surface area (Å²) in [5.74, 6) is -0.352. The van der Waals surface area contributed by atoms with Gasteiger partial charge in [0.05, 0.1) is 6.04 Å². The Morgan fingerprint density at radius 3 is 2.36 bits per heavy atom. The molecule has 6 nitrogen and oxygen atoms in total. The first-order valence-electron chi connectivity index (χ1n) is 9.37. The summed E-state index contributed by atoms with van der Waals surface area (Å²) in [7, 11) is 0. The molecule has 1 unspecified atom stereocenters. The molecule has 2 amide bonds. The SMILES string of the molecule is CC(CC(=O)Nc1cccc(N2CCCC2)c1)NC(=O)[C@@H](N)C(C)(C)C.Cl.Cl. The third-order valence-electron chi connectivity index (χ3n) is 4.70. The van der Waals surface area contributed by atoms with E-state index < -0.39 is 6.04 Å². The lowest BCUT2D eigenvalue weighted by atomic mass is 9.87. The van der Waals surface area contributed by atoms with E-state index in [9.17, 15) is 9.59 Å². The molecule has 2 atom stereocenters. The third-order valence-corrected chi connectivity index (χ3v) is 4.70. The van der Waals surface area contributed by atoms with Crippen LogP contribution in [-0.4, -0.2) is 37.0 Å². The molecule has 0 saturated carbocycles. The van der Waals surface area contributed by atoms with Crippen LogP contribution < -0.4 is 21.3 Å². The van der Waals surface area contributed by atoms with Crippen molar-refractivity contribution < 1.29 is 9.59 Å². The first-order valence-corrected chi connectivity index (χ1v) is 9.37. The minimum absolute atomic E-state index is 0. The van der Waals surface area contributed by atoms with Gasteiger partial charge >= 0.3 is 0 Å². The lowest BCUT2D eigenvalue weighted by Crippen LogP contribution is -2.51. The number of nitrogens with two attached hydrogens (primary N) is 1. The first kappa shape index (κ1) is 26.5. The number of halogens is 2. The van der Waals surface area contributed by atoms with Gasteiger partial charge < -0.3 is 21.3 Å². The van der Waals surface area contributed by atoms with E-state index in [1.165, 1.54) is 12.8 Å². The zero-order valence-electron chi connectivity index (χ0n) is 17.2. The fourth-order valence-electron chi connectivity index (χ4n) is 3.02. The van der Waals surface area contributed by atoms with Crippen LogP contribution in [0.15, 0.2) is 24.3 Å². The van der Waals surface area contributed by atoms with Crippen LogP contribution in [0.3, 0.4) is 0 Å². The van der Waals surface area contributed by atoms with E-state index in [4.69, 9.17) is 5.73 Å². The lowest BCUT2D eigenvalue weighted by molar-refractivity contribution is -0.125. The van der Waals surface area contributed by atoms with Gasteiger partial charge in [-0.25, -0.2) is 0 Å². The molecule has 8 heteroatoms. The molecule has 28 heavy (non-hydrogen) atoms. The van der Waals surface area contributed by atoms with Gasteiger partial charge in [-0.3, -0.25) is 9.59 Å². The molecular weight excluding hydrogens is 399 g/mol. The van der Waals surface area contributed by atoms with Crippen molar-refractivity contribution in [2.75, 3.05) is 23.3 Å². The molecule has 1 saturated heterocycles. The van der Waals surface area contributed by atoms with Crippen molar-refractivity contribution >= 4 is 48.0 Å². The van der Waals surface area contributed by atoms with Crippen molar-refractivity contribution in [1.29, 1.82) is 0 Å². The summed E-state index contributed by atoms with van der Waals surface area (Å²) in [6, 6.07) is 7.02. The molecule has 1 aromatic carbocycles. The molecule has 0 bridgehead atoms. The number of anilines is 2. The molecule has 160 valence electrons. The van der Waals surface area contributed by atoms with Gasteiger partial charge in [-0.15, -0.1) is 24.8 Å². The Morgan fingerprint density at radius 2 is 1.79 bits per heavy atom. The maximum absolute atomic E-state index is 12.3. The molecule has 4 N–H and O–H groups in total. The number of carbonyl (C=O) groups is 2. The van der Waals surface area contributed by atoms with E-state index in [0.717, 1.165) is 24.5 Å². The Hall–Kier alpha value is -1.50. The van der Waals surface area contributed by atoms with Gasteiger partial charge in [-0.1, -0.05) is 26.8 Å². The van der Waals surface area contributed by atoms with Crippen LogP contribution in [0, 0.1) is 5.41 Å². The summed E-state index contributed by atoms with van der Waals surface area (Å²) in [5.41, 5.74) is 7.56. The Balaban J connectivity index is 0.00000364. The van der Waals surface area contributed by atoms with Gasteiger partial charge in [0.2, 0.25) is 11.8 Å². The van der Waals surface area contributed by atoms with Crippen LogP contribution in [0.5, 0.6) is 0 Å². The molecule has 2 rings (SSSR count). The molecule has 0 aliphatic carbocycles. The average Bonchev–Trinajstić information content (AvgIpc) is 3.07. The maximum Gasteiger partial charge on any atom is 0.237 e. The predicted octanol–water partition coefficient (Wildman–Crippen LogP) is 3.34. The van der Waals surface area contributed by atoms with Crippen molar-refractivity contribution in [2.45, 2.75) is 59.0 Å². The monoisotopic (exact) mass is 432 g/mol. The maximum atomic E-state index is 12.3. The van der Waals surface area contributed by atoms with E-state index >= 15 is 0 Å². The topological polar surface area (TPSA) is 87.5 Å². The number of hydrogen-bond donors (Lipinski definition) is 3. The molecule has 1 heterocycles. The highest BCUT2D eigenvalue weighted by molar-refractivity contribution is 5.92. The van der Waals surface area contributed by atoms with Gasteiger partial charge in [-0.05, 0) is 43.4 Å². The second-order valence-electron chi connectivity index (χ2n) is 8.25. The smallest absolute Gasteiger partial charge is 0.237 e. The van der Waals surface area contributed by atoms with Gasteiger partial charge in [0.15, 0.2) is 0 Å². The largest absolute Gasteiger partial charge is 0.371 e. The van der Waals surface area contributed by atoms with Gasteiger partial charge in [0, 0.05) is 36.9 Å². The molecule has 1 aromatic rings. The summed E-state index contributed by atoms with van der Waals surface area (Å²) < 4.78 is 0. The highest BCUT2D eigenvalue weighted by Crippen LogP contribution is 2.23. The highest BCUT2D eigenvalue weighted by atomic mass is 35.5. The van der Waals surface area contributed by atoms with Crippen molar-refractivity contribution in [2.24, 2.45) is 11.1 Å². The zero-order valence-corrected chi connectivity index (χ0v) is 18.8. The molecule has 1 aliphatic heterocycles. The number of nitrogens with one attached hydrogen (secondary N) is 2. The molecule has 0 radical (unpaired) electrons. The molecular formula is C20H34Cl2N4O2. The normalized spacial score (nSPS) is 15.7. The summed E-state index contributed by atoms with van der Waals surface area (Å²) in [4.78, 5) is 26.8. The van der Waals surface area contributed by atoms with Crippen LogP contribution in [0.2, 0.25) is 0 Å². The number of nitrogens with zero attached hydrogens (tertiary/aromatic N) is 1. The number of benzene rings is 1. The minimum Gasteiger partial charge on any atom is -0.371 e. The van der Waals surface area contributed by atoms with Gasteiger partial charge in [0.25, 0.3) is 0 Å². The fourth-order valence-corrected chi connectivity index (χ4v) is 3.02. The second kappa shape index (κ2) is 11.5. The number of rotatable bonds is 6. The highest BCUT2D eigenvalue weighted by Gasteiger charge is 2.28. The van der Waals surface area contributed by atoms with Crippen LogP contribution in [0.25, 0.3) is 0 Å². The van der Waals surface area contributed by atoms with E-state index in [2.05, 4.69) is 21.6 Å². The molecule has 0 aromatic heterocycles. The van der Waals surface area contributed by atoms with Crippen molar-refractivity contribution in [1.82, 2.24) is 5.32 Å². The quantitative estimate of drug-likeness (QED) is 0.642. The second-order valence-corrected chi connectivity index (χ2v) is 8.25. The fraction of sp³-hybridized carbons (Fsp3) is 0.600. The summed E-state index contributed by atoms with van der Waals surface area (Å²) in [6.45, 7) is 9.70. The van der Waals surface area contributed by atoms with Crippen molar-refractivity contribution in [3.8, 4) is 0 Å². The Labute approximate surface area is 180 Å². The summed E-state index contributed by atoms with van der Waals surface area (Å²) in [5, 5.41) is 5.75. The Morgan fingerprint density at radius 1 is 1.18 bits per heavy atom. The van der Waals surface area contributed by atoms with Crippen molar-refractivity contribution in [3.05, 3.63) is 24.3 Å². The van der Waals surface area contributed by atoms with Crippen molar-refractivity contribution in [3.63, 3.8) is 0 Å². The summed E-state index contributed by atoms with van der Waals surface area (Å²) >= 11 is 0. The zero-order chi connectivity index (χ0) is 19.3. The minimum atomic E-state index is -0.606.